The van der Waals surface area contributed by atoms with Gasteiger partial charge >= 0.3 is 6.03 Å². The third-order valence-corrected chi connectivity index (χ3v) is 4.64. The van der Waals surface area contributed by atoms with E-state index >= 15 is 0 Å². The smallest absolute Gasteiger partial charge is 0.319 e. The number of nitrogens with zero attached hydrogens (tertiary/aromatic N) is 1. The van der Waals surface area contributed by atoms with Gasteiger partial charge in [0.2, 0.25) is 10.0 Å². The molecule has 8 heteroatoms. The zero-order valence-corrected chi connectivity index (χ0v) is 13.5. The molecule has 122 valence electrons. The molecule has 0 bridgehead atoms. The summed E-state index contributed by atoms with van der Waals surface area (Å²) in [4.78, 5) is 11.7. The van der Waals surface area contributed by atoms with Gasteiger partial charge in [0.25, 0.3) is 0 Å². The molecule has 22 heavy (non-hydrogen) atoms. The molecule has 1 rings (SSSR count). The van der Waals surface area contributed by atoms with Crippen molar-refractivity contribution in [2.45, 2.75) is 4.90 Å². The Balaban J connectivity index is 2.70. The fourth-order valence-corrected chi connectivity index (χ4v) is 2.75. The summed E-state index contributed by atoms with van der Waals surface area (Å²) in [7, 11) is -0.524. The molecule has 7 nitrogen and oxygen atoms in total. The van der Waals surface area contributed by atoms with E-state index in [9.17, 15) is 13.2 Å². The van der Waals surface area contributed by atoms with E-state index in [0.29, 0.717) is 18.8 Å². The summed E-state index contributed by atoms with van der Waals surface area (Å²) in [5, 5.41) is 5.20. The number of carbonyl (C=O) groups excluding carboxylic acids is 1. The van der Waals surface area contributed by atoms with E-state index in [4.69, 9.17) is 4.74 Å². The number of carbonyl (C=O) groups is 1. The molecule has 0 aliphatic rings. The van der Waals surface area contributed by atoms with E-state index in [0.717, 1.165) is 0 Å². The van der Waals surface area contributed by atoms with Gasteiger partial charge in [0.05, 0.1) is 11.5 Å². The Bertz CT molecular complexity index is 599. The first-order valence-corrected chi connectivity index (χ1v) is 8.07. The predicted molar refractivity (Wildman–Crippen MR) is 85.4 cm³/mol. The minimum Gasteiger partial charge on any atom is -0.383 e. The average molecular weight is 327 g/mol. The number of benzene rings is 1. The fraction of sp³-hybridized carbons (Fsp3) is 0.357. The van der Waals surface area contributed by atoms with Crippen LogP contribution >= 0.6 is 0 Å². The molecule has 0 unspecified atom stereocenters. The maximum atomic E-state index is 12.2. The summed E-state index contributed by atoms with van der Waals surface area (Å²) in [6, 6.07) is 5.57. The molecule has 1 aromatic rings. The van der Waals surface area contributed by atoms with Crippen molar-refractivity contribution in [2.24, 2.45) is 0 Å². The van der Waals surface area contributed by atoms with Gasteiger partial charge < -0.3 is 15.4 Å². The second kappa shape index (κ2) is 8.52. The van der Waals surface area contributed by atoms with Crippen LogP contribution in [0.25, 0.3) is 0 Å². The minimum absolute atomic E-state index is 0.155. The van der Waals surface area contributed by atoms with Crippen molar-refractivity contribution in [2.75, 3.05) is 39.2 Å². The second-order valence-electron chi connectivity index (χ2n) is 4.47. The van der Waals surface area contributed by atoms with Crippen molar-refractivity contribution in [3.8, 4) is 0 Å². The van der Waals surface area contributed by atoms with Crippen molar-refractivity contribution in [3.63, 3.8) is 0 Å². The molecule has 0 saturated carbocycles. The highest BCUT2D eigenvalue weighted by Gasteiger charge is 2.19. The molecule has 0 aliphatic heterocycles. The van der Waals surface area contributed by atoms with Gasteiger partial charge in [0.15, 0.2) is 0 Å². The Hall–Kier alpha value is -1.90. The molecule has 0 aromatic heterocycles. The third kappa shape index (κ3) is 5.14. The molecule has 0 fully saturated rings. The van der Waals surface area contributed by atoms with E-state index in [2.05, 4.69) is 17.2 Å². The highest BCUT2D eigenvalue weighted by molar-refractivity contribution is 7.89. The summed E-state index contributed by atoms with van der Waals surface area (Å²) in [6.45, 7) is 4.55. The molecule has 2 N–H and O–H groups in total. The van der Waals surface area contributed by atoms with Gasteiger partial charge in [-0.1, -0.05) is 6.08 Å². The zero-order valence-electron chi connectivity index (χ0n) is 12.7. The van der Waals surface area contributed by atoms with Crippen LogP contribution in [0.3, 0.4) is 0 Å². The monoisotopic (exact) mass is 327 g/mol. The Morgan fingerprint density at radius 3 is 2.55 bits per heavy atom. The number of hydrogen-bond donors (Lipinski definition) is 2. The van der Waals surface area contributed by atoms with Crippen LogP contribution in [-0.4, -0.2) is 52.6 Å². The lowest BCUT2D eigenvalue weighted by Crippen LogP contribution is -2.31. The zero-order chi connectivity index (χ0) is 16.6. The van der Waals surface area contributed by atoms with Crippen LogP contribution in [-0.2, 0) is 14.8 Å². The fourth-order valence-electron chi connectivity index (χ4n) is 1.61. The number of hydrogen-bond acceptors (Lipinski definition) is 4. The standard InChI is InChI=1S/C14H21N3O4S/c1-4-10-17(2)22(19,20)13-7-5-12(6-8-13)16-14(18)15-9-11-21-3/h4-8H,1,9-11H2,2-3H3,(H2,15,16,18). The van der Waals surface area contributed by atoms with Gasteiger partial charge in [-0.25, -0.2) is 13.2 Å². The van der Waals surface area contributed by atoms with Crippen molar-refractivity contribution in [3.05, 3.63) is 36.9 Å². The van der Waals surface area contributed by atoms with E-state index in [1.807, 2.05) is 0 Å². The first-order chi connectivity index (χ1) is 10.4. The number of methoxy groups -OCH3 is 1. The lowest BCUT2D eigenvalue weighted by atomic mass is 10.3. The average Bonchev–Trinajstić information content (AvgIpc) is 2.48. The topological polar surface area (TPSA) is 87.7 Å². The summed E-state index contributed by atoms with van der Waals surface area (Å²) >= 11 is 0. The Kier molecular flexibility index (Phi) is 7.03. The van der Waals surface area contributed by atoms with E-state index in [1.54, 1.807) is 7.11 Å². The van der Waals surface area contributed by atoms with Crippen molar-refractivity contribution in [1.82, 2.24) is 9.62 Å². The van der Waals surface area contributed by atoms with Gasteiger partial charge in [-0.3, -0.25) is 0 Å². The van der Waals surface area contributed by atoms with Gasteiger partial charge in [0, 0.05) is 32.9 Å². The molecule has 0 spiro atoms. The SMILES string of the molecule is C=CCN(C)S(=O)(=O)c1ccc(NC(=O)NCCOC)cc1. The van der Waals surface area contributed by atoms with Crippen molar-refractivity contribution >= 4 is 21.7 Å². The summed E-state index contributed by atoms with van der Waals surface area (Å²) < 4.78 is 30.4. The Labute approximate surface area is 131 Å². The van der Waals surface area contributed by atoms with Gasteiger partial charge in [-0.15, -0.1) is 6.58 Å². The lowest BCUT2D eigenvalue weighted by Gasteiger charge is -2.15. The van der Waals surface area contributed by atoms with Gasteiger partial charge in [-0.2, -0.15) is 4.31 Å². The van der Waals surface area contributed by atoms with Crippen LogP contribution in [0.1, 0.15) is 0 Å². The van der Waals surface area contributed by atoms with Crippen LogP contribution in [0.4, 0.5) is 10.5 Å². The highest BCUT2D eigenvalue weighted by atomic mass is 32.2. The van der Waals surface area contributed by atoms with Crippen LogP contribution < -0.4 is 10.6 Å². The van der Waals surface area contributed by atoms with Crippen LogP contribution in [0, 0.1) is 0 Å². The number of rotatable bonds is 8. The van der Waals surface area contributed by atoms with Crippen LogP contribution in [0.15, 0.2) is 41.8 Å². The third-order valence-electron chi connectivity index (χ3n) is 2.80. The number of amides is 2. The highest BCUT2D eigenvalue weighted by Crippen LogP contribution is 2.17. The van der Waals surface area contributed by atoms with E-state index in [-0.39, 0.29) is 17.5 Å². The number of nitrogens with one attached hydrogen (secondary N) is 2. The van der Waals surface area contributed by atoms with Crippen molar-refractivity contribution < 1.29 is 17.9 Å². The quantitative estimate of drug-likeness (QED) is 0.556. The number of urea groups is 1. The number of anilines is 1. The summed E-state index contributed by atoms with van der Waals surface area (Å²) in [5.41, 5.74) is 0.500. The number of likely N-dealkylation sites (N-methyl/N-ethyl adjacent to an activating group) is 1. The largest absolute Gasteiger partial charge is 0.383 e. The second-order valence-corrected chi connectivity index (χ2v) is 6.52. The van der Waals surface area contributed by atoms with Crippen LogP contribution in [0.2, 0.25) is 0 Å². The van der Waals surface area contributed by atoms with E-state index < -0.39 is 10.0 Å². The Morgan fingerprint density at radius 2 is 2.00 bits per heavy atom. The number of sulfonamides is 1. The lowest BCUT2D eigenvalue weighted by molar-refractivity contribution is 0.198. The molecule has 0 heterocycles. The Morgan fingerprint density at radius 1 is 1.36 bits per heavy atom. The minimum atomic E-state index is -3.55. The van der Waals surface area contributed by atoms with Crippen molar-refractivity contribution in [1.29, 1.82) is 0 Å². The molecule has 0 radical (unpaired) electrons. The predicted octanol–water partition coefficient (Wildman–Crippen LogP) is 1.26. The van der Waals surface area contributed by atoms with Gasteiger partial charge in [0.1, 0.15) is 0 Å². The van der Waals surface area contributed by atoms with Crippen LogP contribution in [0.5, 0.6) is 0 Å². The summed E-state index contributed by atoms with van der Waals surface area (Å²) in [5.74, 6) is 0. The maximum Gasteiger partial charge on any atom is 0.319 e. The molecule has 0 atom stereocenters. The molecule has 0 saturated heterocycles. The van der Waals surface area contributed by atoms with Gasteiger partial charge in [-0.05, 0) is 24.3 Å². The molecule has 1 aromatic carbocycles. The summed E-state index contributed by atoms with van der Waals surface area (Å²) in [6.07, 6.45) is 1.51. The molecule has 0 aliphatic carbocycles. The number of ether oxygens (including phenoxy) is 1. The molecule has 2 amide bonds. The first kappa shape index (κ1) is 18.1. The maximum absolute atomic E-state index is 12.2. The first-order valence-electron chi connectivity index (χ1n) is 6.63. The molecular weight excluding hydrogens is 306 g/mol. The molecular formula is C14H21N3O4S. The van der Waals surface area contributed by atoms with E-state index in [1.165, 1.54) is 41.7 Å². The normalized spacial score (nSPS) is 11.2.